The van der Waals surface area contributed by atoms with Crippen molar-refractivity contribution in [1.82, 2.24) is 0 Å². The fourth-order valence-corrected chi connectivity index (χ4v) is 1.36. The summed E-state index contributed by atoms with van der Waals surface area (Å²) in [4.78, 5) is 4.29. The summed E-state index contributed by atoms with van der Waals surface area (Å²) in [5.74, 6) is 3.65. The summed E-state index contributed by atoms with van der Waals surface area (Å²) >= 11 is 0. The van der Waals surface area contributed by atoms with Crippen molar-refractivity contribution in [3.8, 4) is 11.5 Å². The van der Waals surface area contributed by atoms with Crippen LogP contribution >= 0.6 is 0 Å². The predicted octanol–water partition coefficient (Wildman–Crippen LogP) is 1.85. The third-order valence-corrected chi connectivity index (χ3v) is 2.17. The van der Waals surface area contributed by atoms with E-state index in [0.29, 0.717) is 5.56 Å². The van der Waals surface area contributed by atoms with Crippen LogP contribution in [0.1, 0.15) is 11.1 Å². The minimum Gasteiger partial charge on any atom is -0.504 e. The van der Waals surface area contributed by atoms with Crippen LogP contribution in [0.15, 0.2) is 12.1 Å². The van der Waals surface area contributed by atoms with Crippen LogP contribution in [0.25, 0.3) is 0 Å². The van der Waals surface area contributed by atoms with Crippen molar-refractivity contribution in [2.75, 3.05) is 13.7 Å². The van der Waals surface area contributed by atoms with E-state index in [9.17, 15) is 18.3 Å². The molecule has 1 rings (SSSR count). The normalized spacial score (nSPS) is 11.6. The van der Waals surface area contributed by atoms with Crippen LogP contribution in [0.4, 0.5) is 13.2 Å². The number of phenolic OH excluding ortho intramolecular Hbond substituents is 1. The van der Waals surface area contributed by atoms with Gasteiger partial charge in [0.2, 0.25) is 0 Å². The van der Waals surface area contributed by atoms with E-state index in [4.69, 9.17) is 5.90 Å². The topological polar surface area (TPSA) is 64.7 Å². The first-order valence-corrected chi connectivity index (χ1v) is 4.69. The molecule has 0 atom stereocenters. The lowest BCUT2D eigenvalue weighted by molar-refractivity contribution is -0.138. The first kappa shape index (κ1) is 13.6. The van der Waals surface area contributed by atoms with Gasteiger partial charge in [-0.15, -0.1) is 0 Å². The third-order valence-electron chi connectivity index (χ3n) is 2.17. The highest BCUT2D eigenvalue weighted by molar-refractivity contribution is 5.49. The number of rotatable bonds is 4. The molecular formula is C10H12F3NO3. The van der Waals surface area contributed by atoms with Crippen molar-refractivity contribution in [1.29, 1.82) is 0 Å². The molecule has 0 spiro atoms. The lowest BCUT2D eigenvalue weighted by Crippen LogP contribution is -2.09. The number of benzene rings is 1. The Morgan fingerprint density at radius 2 is 2.00 bits per heavy atom. The summed E-state index contributed by atoms with van der Waals surface area (Å²) in [7, 11) is 1.18. The fraction of sp³-hybridized carbons (Fsp3) is 0.400. The summed E-state index contributed by atoms with van der Waals surface area (Å²) in [5.41, 5.74) is -0.818. The highest BCUT2D eigenvalue weighted by Gasteiger charge is 2.35. The van der Waals surface area contributed by atoms with E-state index in [0.717, 1.165) is 6.07 Å². The van der Waals surface area contributed by atoms with Crippen molar-refractivity contribution in [2.45, 2.75) is 12.6 Å². The minimum atomic E-state index is -4.64. The zero-order chi connectivity index (χ0) is 13.1. The molecule has 17 heavy (non-hydrogen) atoms. The molecule has 1 aromatic rings. The van der Waals surface area contributed by atoms with Crippen LogP contribution < -0.4 is 10.6 Å². The van der Waals surface area contributed by atoms with Gasteiger partial charge in [0.1, 0.15) is 5.56 Å². The molecule has 0 aromatic heterocycles. The molecule has 0 heterocycles. The van der Waals surface area contributed by atoms with Crippen molar-refractivity contribution < 1.29 is 27.9 Å². The minimum absolute atomic E-state index is 0.0746. The van der Waals surface area contributed by atoms with E-state index in [1.54, 1.807) is 0 Å². The molecule has 3 N–H and O–H groups in total. The van der Waals surface area contributed by atoms with Crippen LogP contribution in [0.5, 0.6) is 11.5 Å². The number of nitrogens with two attached hydrogens (primary N) is 1. The van der Waals surface area contributed by atoms with Crippen LogP contribution in [-0.2, 0) is 17.4 Å². The maximum Gasteiger partial charge on any atom is 0.420 e. The number of methoxy groups -OCH3 is 1. The van der Waals surface area contributed by atoms with E-state index in [-0.39, 0.29) is 18.8 Å². The standard InChI is InChI=1S/C10H12F3NO3/c1-16-8-5-6(2-3-17-14)4-7(9(8)15)10(11,12)13/h4-5,15H,2-3,14H2,1H3. The molecule has 0 aliphatic heterocycles. The summed E-state index contributed by atoms with van der Waals surface area (Å²) in [6.07, 6.45) is -4.45. The maximum absolute atomic E-state index is 12.6. The molecule has 0 aliphatic rings. The Morgan fingerprint density at radius 1 is 1.35 bits per heavy atom. The average molecular weight is 251 g/mol. The molecule has 0 saturated carbocycles. The number of halogens is 3. The van der Waals surface area contributed by atoms with Crippen molar-refractivity contribution in [3.63, 3.8) is 0 Å². The summed E-state index contributed by atoms with van der Waals surface area (Å²) in [5, 5.41) is 9.37. The third kappa shape index (κ3) is 3.24. The Kier molecular flexibility index (Phi) is 4.19. The van der Waals surface area contributed by atoms with Crippen LogP contribution in [0.3, 0.4) is 0 Å². The highest BCUT2D eigenvalue weighted by atomic mass is 19.4. The average Bonchev–Trinajstić information content (AvgIpc) is 2.26. The summed E-state index contributed by atoms with van der Waals surface area (Å²) in [6, 6.07) is 2.15. The number of phenols is 1. The molecule has 4 nitrogen and oxygen atoms in total. The molecule has 0 amide bonds. The quantitative estimate of drug-likeness (QED) is 0.801. The second kappa shape index (κ2) is 5.24. The molecule has 0 radical (unpaired) electrons. The number of hydrogen-bond acceptors (Lipinski definition) is 4. The van der Waals surface area contributed by atoms with E-state index in [1.807, 2.05) is 0 Å². The molecule has 1 aromatic carbocycles. The Morgan fingerprint density at radius 3 is 2.47 bits per heavy atom. The Balaban J connectivity index is 3.19. The SMILES string of the molecule is COc1cc(CCON)cc(C(F)(F)F)c1O. The summed E-state index contributed by atoms with van der Waals surface area (Å²) in [6.45, 7) is 0.0746. The zero-order valence-corrected chi connectivity index (χ0v) is 9.04. The Bertz CT molecular complexity index is 393. The van der Waals surface area contributed by atoms with Crippen molar-refractivity contribution in [2.24, 2.45) is 5.90 Å². The zero-order valence-electron chi connectivity index (χ0n) is 9.04. The van der Waals surface area contributed by atoms with Gasteiger partial charge in [0.05, 0.1) is 13.7 Å². The van der Waals surface area contributed by atoms with Gasteiger partial charge in [-0.3, -0.25) is 0 Å². The van der Waals surface area contributed by atoms with Gasteiger partial charge in [-0.2, -0.15) is 13.2 Å². The Labute approximate surface area is 95.7 Å². The number of hydrogen-bond donors (Lipinski definition) is 2. The van der Waals surface area contributed by atoms with E-state index in [1.165, 1.54) is 13.2 Å². The second-order valence-corrected chi connectivity index (χ2v) is 3.31. The predicted molar refractivity (Wildman–Crippen MR) is 53.5 cm³/mol. The lowest BCUT2D eigenvalue weighted by atomic mass is 10.1. The van der Waals surface area contributed by atoms with Gasteiger partial charge >= 0.3 is 6.18 Å². The highest BCUT2D eigenvalue weighted by Crippen LogP contribution is 2.41. The van der Waals surface area contributed by atoms with Crippen LogP contribution in [0, 0.1) is 0 Å². The molecule has 0 saturated heterocycles. The smallest absolute Gasteiger partial charge is 0.420 e. The Hall–Kier alpha value is -1.47. The van der Waals surface area contributed by atoms with Gasteiger partial charge in [0.25, 0.3) is 0 Å². The number of alkyl halides is 3. The molecular weight excluding hydrogens is 239 g/mol. The van der Waals surface area contributed by atoms with E-state index >= 15 is 0 Å². The van der Waals surface area contributed by atoms with Crippen LogP contribution in [-0.4, -0.2) is 18.8 Å². The van der Waals surface area contributed by atoms with Gasteiger partial charge < -0.3 is 14.7 Å². The lowest BCUT2D eigenvalue weighted by Gasteiger charge is -2.14. The van der Waals surface area contributed by atoms with Gasteiger partial charge in [-0.05, 0) is 24.1 Å². The fourth-order valence-electron chi connectivity index (χ4n) is 1.36. The van der Waals surface area contributed by atoms with E-state index in [2.05, 4.69) is 9.57 Å². The molecule has 0 bridgehead atoms. The molecule has 96 valence electrons. The molecule has 0 aliphatic carbocycles. The van der Waals surface area contributed by atoms with Gasteiger partial charge in [-0.25, -0.2) is 5.90 Å². The second-order valence-electron chi connectivity index (χ2n) is 3.31. The largest absolute Gasteiger partial charge is 0.504 e. The molecule has 0 unspecified atom stereocenters. The van der Waals surface area contributed by atoms with Gasteiger partial charge in [0, 0.05) is 0 Å². The van der Waals surface area contributed by atoms with Crippen molar-refractivity contribution in [3.05, 3.63) is 23.3 Å². The molecule has 7 heteroatoms. The van der Waals surface area contributed by atoms with Crippen LogP contribution in [0.2, 0.25) is 0 Å². The van der Waals surface area contributed by atoms with Gasteiger partial charge in [0.15, 0.2) is 11.5 Å². The van der Waals surface area contributed by atoms with E-state index < -0.39 is 17.5 Å². The number of ether oxygens (including phenoxy) is 1. The summed E-state index contributed by atoms with van der Waals surface area (Å²) < 4.78 is 42.5. The first-order valence-electron chi connectivity index (χ1n) is 4.69. The van der Waals surface area contributed by atoms with Crippen molar-refractivity contribution >= 4 is 0 Å². The van der Waals surface area contributed by atoms with Gasteiger partial charge in [-0.1, -0.05) is 0 Å². The number of aromatic hydroxyl groups is 1. The maximum atomic E-state index is 12.6. The first-order chi connectivity index (χ1) is 7.90. The monoisotopic (exact) mass is 251 g/mol. The molecule has 0 fully saturated rings.